The van der Waals surface area contributed by atoms with Crippen molar-refractivity contribution in [2.45, 2.75) is 71.0 Å². The quantitative estimate of drug-likeness (QED) is 0.436. The molecule has 0 amide bonds. The van der Waals surface area contributed by atoms with Crippen LogP contribution in [0.3, 0.4) is 0 Å². The van der Waals surface area contributed by atoms with Gasteiger partial charge in [0.25, 0.3) is 0 Å². The fourth-order valence-electron chi connectivity index (χ4n) is 1.35. The molecule has 0 rings (SSSR count). The average molecular weight is 284 g/mol. The summed E-state index contributed by atoms with van der Waals surface area (Å²) in [5, 5.41) is 8.62. The van der Waals surface area contributed by atoms with Gasteiger partial charge in [0.2, 0.25) is 0 Å². The van der Waals surface area contributed by atoms with Crippen LogP contribution in [0.15, 0.2) is 0 Å². The number of hydrogen-bond donors (Lipinski definition) is 1. The maximum absolute atomic E-state index is 10.2. The van der Waals surface area contributed by atoms with Crippen LogP contribution < -0.4 is 0 Å². The second-order valence-electron chi connectivity index (χ2n) is 6.38. The SMILES string of the molecule is CC(C)(C)[Si](C)(C)OCCCCCCC#CC(=O)O. The van der Waals surface area contributed by atoms with Crippen LogP contribution >= 0.6 is 0 Å². The lowest BCUT2D eigenvalue weighted by Gasteiger charge is -2.36. The molecule has 0 aliphatic heterocycles. The van der Waals surface area contributed by atoms with Gasteiger partial charge in [0.1, 0.15) is 0 Å². The lowest BCUT2D eigenvalue weighted by Crippen LogP contribution is -2.40. The first kappa shape index (κ1) is 18.2. The number of carbonyl (C=O) groups is 1. The topological polar surface area (TPSA) is 46.5 Å². The molecule has 19 heavy (non-hydrogen) atoms. The first-order valence-corrected chi connectivity index (χ1v) is 9.93. The van der Waals surface area contributed by atoms with Gasteiger partial charge in [-0.05, 0) is 31.0 Å². The van der Waals surface area contributed by atoms with Crippen LogP contribution in [0, 0.1) is 11.8 Å². The van der Waals surface area contributed by atoms with E-state index in [0.717, 1.165) is 32.3 Å². The van der Waals surface area contributed by atoms with E-state index in [1.54, 1.807) is 0 Å². The van der Waals surface area contributed by atoms with E-state index in [1.807, 2.05) is 0 Å². The van der Waals surface area contributed by atoms with Crippen molar-refractivity contribution in [3.05, 3.63) is 0 Å². The molecular weight excluding hydrogens is 256 g/mol. The highest BCUT2D eigenvalue weighted by Crippen LogP contribution is 2.36. The third-order valence-electron chi connectivity index (χ3n) is 3.66. The fourth-order valence-corrected chi connectivity index (χ4v) is 2.44. The maximum atomic E-state index is 10.2. The van der Waals surface area contributed by atoms with E-state index in [2.05, 4.69) is 45.7 Å². The van der Waals surface area contributed by atoms with Gasteiger partial charge >= 0.3 is 5.97 Å². The van der Waals surface area contributed by atoms with Gasteiger partial charge < -0.3 is 9.53 Å². The van der Waals surface area contributed by atoms with Crippen LogP contribution in [0.5, 0.6) is 0 Å². The van der Waals surface area contributed by atoms with Gasteiger partial charge in [-0.2, -0.15) is 0 Å². The summed E-state index contributed by atoms with van der Waals surface area (Å²) in [7, 11) is -1.59. The first-order valence-electron chi connectivity index (χ1n) is 7.02. The molecule has 3 nitrogen and oxygen atoms in total. The van der Waals surface area contributed by atoms with Gasteiger partial charge in [-0.1, -0.05) is 39.5 Å². The number of hydrogen-bond acceptors (Lipinski definition) is 2. The standard InChI is InChI=1S/C15H28O3Si/c1-15(2,3)19(4,5)18-13-11-9-7-6-8-10-12-14(16)17/h6-9,11,13H2,1-5H3,(H,16,17). The van der Waals surface area contributed by atoms with Crippen molar-refractivity contribution in [1.82, 2.24) is 0 Å². The minimum Gasteiger partial charge on any atom is -0.472 e. The van der Waals surface area contributed by atoms with E-state index < -0.39 is 14.3 Å². The normalized spacial score (nSPS) is 11.8. The molecule has 0 heterocycles. The zero-order chi connectivity index (χ0) is 14.9. The van der Waals surface area contributed by atoms with Crippen molar-refractivity contribution in [1.29, 1.82) is 0 Å². The number of carboxylic acid groups (broad SMARTS) is 1. The number of aliphatic carboxylic acids is 1. The van der Waals surface area contributed by atoms with Crippen LogP contribution in [0.25, 0.3) is 0 Å². The predicted molar refractivity (Wildman–Crippen MR) is 81.6 cm³/mol. The van der Waals surface area contributed by atoms with Gasteiger partial charge in [-0.3, -0.25) is 0 Å². The summed E-state index contributed by atoms with van der Waals surface area (Å²) in [5.74, 6) is 3.74. The Morgan fingerprint density at radius 3 is 2.26 bits per heavy atom. The smallest absolute Gasteiger partial charge is 0.381 e. The molecular formula is C15H28O3Si. The van der Waals surface area contributed by atoms with Crippen LogP contribution in [0.2, 0.25) is 18.1 Å². The molecule has 0 saturated heterocycles. The van der Waals surface area contributed by atoms with E-state index >= 15 is 0 Å². The highest BCUT2D eigenvalue weighted by Gasteiger charge is 2.36. The monoisotopic (exact) mass is 284 g/mol. The van der Waals surface area contributed by atoms with Crippen molar-refractivity contribution >= 4 is 14.3 Å². The third kappa shape index (κ3) is 8.85. The molecule has 0 aromatic rings. The third-order valence-corrected chi connectivity index (χ3v) is 8.20. The minimum atomic E-state index is -1.59. The van der Waals surface area contributed by atoms with Gasteiger partial charge in [-0.25, -0.2) is 4.79 Å². The molecule has 0 aliphatic carbocycles. The second kappa shape index (κ2) is 8.39. The van der Waals surface area contributed by atoms with Crippen LogP contribution in [-0.2, 0) is 9.22 Å². The zero-order valence-electron chi connectivity index (χ0n) is 13.0. The lowest BCUT2D eigenvalue weighted by atomic mass is 10.1. The van der Waals surface area contributed by atoms with Crippen molar-refractivity contribution < 1.29 is 14.3 Å². The molecule has 0 radical (unpaired) electrons. The van der Waals surface area contributed by atoms with Crippen molar-refractivity contribution in [2.75, 3.05) is 6.61 Å². The molecule has 0 atom stereocenters. The van der Waals surface area contributed by atoms with E-state index in [1.165, 1.54) is 0 Å². The van der Waals surface area contributed by atoms with Crippen molar-refractivity contribution in [3.8, 4) is 11.8 Å². The molecule has 0 unspecified atom stereocenters. The Labute approximate surface area is 118 Å². The minimum absolute atomic E-state index is 0.277. The van der Waals surface area contributed by atoms with Crippen LogP contribution in [-0.4, -0.2) is 26.0 Å². The van der Waals surface area contributed by atoms with Gasteiger partial charge in [0, 0.05) is 18.9 Å². The van der Waals surface area contributed by atoms with Crippen LogP contribution in [0.4, 0.5) is 0 Å². The second-order valence-corrected chi connectivity index (χ2v) is 11.2. The summed E-state index contributed by atoms with van der Waals surface area (Å²) < 4.78 is 6.09. The van der Waals surface area contributed by atoms with Gasteiger partial charge in [-0.15, -0.1) is 0 Å². The molecule has 0 spiro atoms. The summed E-state index contributed by atoms with van der Waals surface area (Å²) in [6.07, 6.45) is 4.95. The van der Waals surface area contributed by atoms with E-state index in [-0.39, 0.29) is 5.04 Å². The Kier molecular flexibility index (Phi) is 8.04. The number of carboxylic acids is 1. The van der Waals surface area contributed by atoms with Crippen LogP contribution in [0.1, 0.15) is 52.9 Å². The maximum Gasteiger partial charge on any atom is 0.381 e. The Balaban J connectivity index is 3.57. The lowest BCUT2D eigenvalue weighted by molar-refractivity contribution is -0.130. The van der Waals surface area contributed by atoms with Gasteiger partial charge in [0.15, 0.2) is 8.32 Å². The molecule has 1 N–H and O–H groups in total. The average Bonchev–Trinajstić information content (AvgIpc) is 2.24. The zero-order valence-corrected chi connectivity index (χ0v) is 14.0. The summed E-state index contributed by atoms with van der Waals surface area (Å²) in [6, 6.07) is 0. The molecule has 0 bridgehead atoms. The Morgan fingerprint density at radius 1 is 1.16 bits per heavy atom. The molecule has 0 aromatic heterocycles. The van der Waals surface area contributed by atoms with Crippen molar-refractivity contribution in [3.63, 3.8) is 0 Å². The van der Waals surface area contributed by atoms with E-state index in [9.17, 15) is 4.79 Å². The van der Waals surface area contributed by atoms with Gasteiger partial charge in [0.05, 0.1) is 0 Å². The summed E-state index contributed by atoms with van der Waals surface area (Å²) in [6.45, 7) is 12.1. The molecule has 4 heteroatoms. The first-order chi connectivity index (χ1) is 8.67. The Hall–Kier alpha value is -0.793. The number of rotatable bonds is 7. The molecule has 110 valence electrons. The molecule has 0 saturated carbocycles. The predicted octanol–water partition coefficient (Wildman–Crippen LogP) is 4.05. The highest BCUT2D eigenvalue weighted by molar-refractivity contribution is 6.74. The molecule has 0 aromatic carbocycles. The summed E-state index contributed by atoms with van der Waals surface area (Å²) >= 11 is 0. The summed E-state index contributed by atoms with van der Waals surface area (Å²) in [5.41, 5.74) is 0. The highest BCUT2D eigenvalue weighted by atomic mass is 28.4. The molecule has 0 aliphatic rings. The van der Waals surface area contributed by atoms with E-state index in [0.29, 0.717) is 6.42 Å². The Morgan fingerprint density at radius 2 is 1.74 bits per heavy atom. The summed E-state index contributed by atoms with van der Waals surface area (Å²) in [4.78, 5) is 10.2. The van der Waals surface area contributed by atoms with Crippen molar-refractivity contribution in [2.24, 2.45) is 0 Å². The largest absolute Gasteiger partial charge is 0.472 e. The molecule has 0 fully saturated rings. The number of unbranched alkanes of at least 4 members (excludes halogenated alkanes) is 4. The fraction of sp³-hybridized carbons (Fsp3) is 0.800. The Bertz CT molecular complexity index is 332. The van der Waals surface area contributed by atoms with E-state index in [4.69, 9.17) is 9.53 Å².